The van der Waals surface area contributed by atoms with Crippen LogP contribution in [0.1, 0.15) is 23.2 Å². The molecule has 1 aliphatic rings. The van der Waals surface area contributed by atoms with Gasteiger partial charge in [0.25, 0.3) is 5.91 Å². The van der Waals surface area contributed by atoms with Gasteiger partial charge in [0.05, 0.1) is 14.9 Å². The Labute approximate surface area is 121 Å². The number of hydrogen-bond acceptors (Lipinski definition) is 3. The van der Waals surface area contributed by atoms with Crippen molar-refractivity contribution in [2.75, 3.05) is 18.5 Å². The third kappa shape index (κ3) is 3.30. The molecule has 3 nitrogen and oxygen atoms in total. The first-order chi connectivity index (χ1) is 8.15. The molecule has 17 heavy (non-hydrogen) atoms. The van der Waals surface area contributed by atoms with Crippen molar-refractivity contribution in [1.82, 2.24) is 5.32 Å². The zero-order valence-electron chi connectivity index (χ0n) is 9.17. The number of alkyl halides is 1. The average Bonchev–Trinajstić information content (AvgIpc) is 2.77. The number of carbonyl (C=O) groups excluding carboxylic acids is 1. The lowest BCUT2D eigenvalue weighted by molar-refractivity contribution is 0.0442. The van der Waals surface area contributed by atoms with Gasteiger partial charge in [-0.05, 0) is 34.8 Å². The smallest absolute Gasteiger partial charge is 0.252 e. The second kappa shape index (κ2) is 5.82. The minimum Gasteiger partial charge on any atom is -0.381 e. The van der Waals surface area contributed by atoms with Crippen molar-refractivity contribution in [3.8, 4) is 0 Å². The molecule has 6 heteroatoms. The third-order valence-electron chi connectivity index (χ3n) is 2.91. The van der Waals surface area contributed by atoms with E-state index in [1.807, 2.05) is 11.4 Å². The summed E-state index contributed by atoms with van der Waals surface area (Å²) in [5.41, 5.74) is 0.553. The summed E-state index contributed by atoms with van der Waals surface area (Å²) in [6.07, 6.45) is 1.71. The van der Waals surface area contributed by atoms with E-state index in [1.165, 1.54) is 11.3 Å². The molecule has 94 valence electrons. The highest BCUT2D eigenvalue weighted by atomic mass is 79.9. The molecule has 0 aliphatic carbocycles. The zero-order valence-corrected chi connectivity index (χ0v) is 13.2. The number of hydrogen-bond donors (Lipinski definition) is 1. The molecule has 1 saturated heterocycles. The van der Waals surface area contributed by atoms with Gasteiger partial charge in [0.2, 0.25) is 0 Å². The summed E-state index contributed by atoms with van der Waals surface area (Å²) in [5.74, 6) is -0.00620. The van der Waals surface area contributed by atoms with Crippen LogP contribution in [0.5, 0.6) is 0 Å². The van der Waals surface area contributed by atoms with E-state index < -0.39 is 0 Å². The largest absolute Gasteiger partial charge is 0.381 e. The van der Waals surface area contributed by atoms with Gasteiger partial charge in [-0.25, -0.2) is 0 Å². The minimum absolute atomic E-state index is 0.00620. The standard InChI is InChI=1S/C11H13Br2NO2S/c12-7-11(1-3-16-4-2-11)14-10(15)8-5-9(13)17-6-8/h5-6H,1-4,7H2,(H,14,15). The van der Waals surface area contributed by atoms with Crippen LogP contribution in [0.15, 0.2) is 15.2 Å². The van der Waals surface area contributed by atoms with Gasteiger partial charge in [0.15, 0.2) is 0 Å². The van der Waals surface area contributed by atoms with E-state index in [0.717, 1.165) is 22.0 Å². The first kappa shape index (κ1) is 13.5. The normalized spacial score (nSPS) is 18.9. The molecule has 0 bridgehead atoms. The fraction of sp³-hybridized carbons (Fsp3) is 0.545. The predicted octanol–water partition coefficient (Wildman–Crippen LogP) is 3.18. The van der Waals surface area contributed by atoms with Crippen LogP contribution in [0.4, 0.5) is 0 Å². The fourth-order valence-electron chi connectivity index (χ4n) is 1.80. The van der Waals surface area contributed by atoms with Crippen LogP contribution in [-0.4, -0.2) is 30.0 Å². The van der Waals surface area contributed by atoms with Gasteiger partial charge >= 0.3 is 0 Å². The summed E-state index contributed by atoms with van der Waals surface area (Å²) in [5, 5.41) is 5.76. The Balaban J connectivity index is 2.05. The number of nitrogens with one attached hydrogen (secondary N) is 1. The third-order valence-corrected chi connectivity index (χ3v) is 5.49. The summed E-state index contributed by atoms with van der Waals surface area (Å²) in [6.45, 7) is 1.42. The van der Waals surface area contributed by atoms with E-state index in [1.54, 1.807) is 0 Å². The summed E-state index contributed by atoms with van der Waals surface area (Å²) in [6, 6.07) is 1.85. The number of carbonyl (C=O) groups is 1. The van der Waals surface area contributed by atoms with Crippen LogP contribution in [0.2, 0.25) is 0 Å². The molecule has 1 aromatic rings. The highest BCUT2D eigenvalue weighted by Gasteiger charge is 2.33. The summed E-state index contributed by atoms with van der Waals surface area (Å²) in [4.78, 5) is 12.1. The molecule has 2 heterocycles. The quantitative estimate of drug-likeness (QED) is 0.815. The van der Waals surface area contributed by atoms with Crippen molar-refractivity contribution in [1.29, 1.82) is 0 Å². The molecule has 0 saturated carbocycles. The second-order valence-electron chi connectivity index (χ2n) is 4.12. The lowest BCUT2D eigenvalue weighted by Crippen LogP contribution is -2.53. The molecular weight excluding hydrogens is 370 g/mol. The maximum atomic E-state index is 12.1. The van der Waals surface area contributed by atoms with Crippen LogP contribution >= 0.6 is 43.2 Å². The second-order valence-corrected chi connectivity index (χ2v) is 6.97. The number of halogens is 2. The molecule has 1 aromatic heterocycles. The van der Waals surface area contributed by atoms with Gasteiger partial charge in [-0.2, -0.15) is 0 Å². The van der Waals surface area contributed by atoms with Crippen molar-refractivity contribution < 1.29 is 9.53 Å². The van der Waals surface area contributed by atoms with E-state index in [9.17, 15) is 4.79 Å². The van der Waals surface area contributed by atoms with Crippen LogP contribution in [-0.2, 0) is 4.74 Å². The topological polar surface area (TPSA) is 38.3 Å². The van der Waals surface area contributed by atoms with Crippen molar-refractivity contribution in [3.05, 3.63) is 20.8 Å². The molecular formula is C11H13Br2NO2S. The van der Waals surface area contributed by atoms with Crippen molar-refractivity contribution in [2.24, 2.45) is 0 Å². The number of thiophene rings is 1. The maximum absolute atomic E-state index is 12.1. The summed E-state index contributed by atoms with van der Waals surface area (Å²) < 4.78 is 6.31. The van der Waals surface area contributed by atoms with Crippen LogP contribution in [0.25, 0.3) is 0 Å². The lowest BCUT2D eigenvalue weighted by Gasteiger charge is -2.36. The first-order valence-electron chi connectivity index (χ1n) is 5.35. The van der Waals surface area contributed by atoms with Crippen LogP contribution in [0, 0.1) is 0 Å². The molecule has 0 radical (unpaired) electrons. The summed E-state index contributed by atoms with van der Waals surface area (Å²) in [7, 11) is 0. The highest BCUT2D eigenvalue weighted by Crippen LogP contribution is 2.25. The molecule has 0 unspecified atom stereocenters. The Hall–Kier alpha value is 0.0900. The van der Waals surface area contributed by atoms with Gasteiger partial charge in [0, 0.05) is 23.9 Å². The van der Waals surface area contributed by atoms with Crippen molar-refractivity contribution in [2.45, 2.75) is 18.4 Å². The van der Waals surface area contributed by atoms with Gasteiger partial charge in [-0.3, -0.25) is 4.79 Å². The average molecular weight is 383 g/mol. The SMILES string of the molecule is O=C(NC1(CBr)CCOCC1)c1csc(Br)c1. The van der Waals surface area contributed by atoms with Crippen molar-refractivity contribution >= 4 is 49.1 Å². The Morgan fingerprint density at radius 2 is 2.24 bits per heavy atom. The van der Waals surface area contributed by atoms with E-state index in [-0.39, 0.29) is 11.4 Å². The highest BCUT2D eigenvalue weighted by molar-refractivity contribution is 9.11. The molecule has 2 rings (SSSR count). The molecule has 0 spiro atoms. The maximum Gasteiger partial charge on any atom is 0.252 e. The van der Waals surface area contributed by atoms with Gasteiger partial charge in [-0.1, -0.05) is 15.9 Å². The van der Waals surface area contributed by atoms with Crippen LogP contribution < -0.4 is 5.32 Å². The molecule has 1 aliphatic heterocycles. The minimum atomic E-state index is -0.163. The van der Waals surface area contributed by atoms with Crippen molar-refractivity contribution in [3.63, 3.8) is 0 Å². The molecule has 0 atom stereocenters. The predicted molar refractivity (Wildman–Crippen MR) is 76.1 cm³/mol. The van der Waals surface area contributed by atoms with E-state index >= 15 is 0 Å². The molecule has 0 aromatic carbocycles. The molecule has 1 amide bonds. The Morgan fingerprint density at radius 3 is 2.76 bits per heavy atom. The number of amides is 1. The molecule has 1 fully saturated rings. The fourth-order valence-corrected chi connectivity index (χ4v) is 3.63. The van der Waals surface area contributed by atoms with Gasteiger partial charge in [-0.15, -0.1) is 11.3 Å². The summed E-state index contributed by atoms with van der Waals surface area (Å²) >= 11 is 8.38. The lowest BCUT2D eigenvalue weighted by atomic mass is 9.92. The van der Waals surface area contributed by atoms with Crippen LogP contribution in [0.3, 0.4) is 0 Å². The van der Waals surface area contributed by atoms with E-state index in [0.29, 0.717) is 18.8 Å². The van der Waals surface area contributed by atoms with E-state index in [2.05, 4.69) is 37.2 Å². The Morgan fingerprint density at radius 1 is 1.53 bits per heavy atom. The zero-order chi connectivity index (χ0) is 12.3. The number of rotatable bonds is 3. The Kier molecular flexibility index (Phi) is 4.63. The van der Waals surface area contributed by atoms with Gasteiger partial charge < -0.3 is 10.1 Å². The van der Waals surface area contributed by atoms with E-state index in [4.69, 9.17) is 4.74 Å². The van der Waals surface area contributed by atoms with Gasteiger partial charge in [0.1, 0.15) is 0 Å². The molecule has 1 N–H and O–H groups in total. The Bertz CT molecular complexity index is 402. The first-order valence-corrected chi connectivity index (χ1v) is 8.15. The number of ether oxygens (including phenoxy) is 1. The monoisotopic (exact) mass is 381 g/mol.